The third-order valence-corrected chi connectivity index (χ3v) is 3.56. The van der Waals surface area contributed by atoms with Crippen LogP contribution in [-0.2, 0) is 9.47 Å². The molecule has 0 fully saturated rings. The Balaban J connectivity index is 4.91. The van der Waals surface area contributed by atoms with Gasteiger partial charge in [-0.15, -0.1) is 0 Å². The van der Waals surface area contributed by atoms with Gasteiger partial charge in [-0.2, -0.15) is 0 Å². The van der Waals surface area contributed by atoms with Crippen molar-refractivity contribution in [2.45, 2.75) is 40.0 Å². The van der Waals surface area contributed by atoms with Crippen molar-refractivity contribution in [1.29, 1.82) is 0 Å². The van der Waals surface area contributed by atoms with Crippen LogP contribution in [0.25, 0.3) is 0 Å². The number of primary amides is 2. The summed E-state index contributed by atoms with van der Waals surface area (Å²) in [5.74, 6) is 0.265. The average molecular weight is 260 g/mol. The largest absolute Gasteiger partial charge is 0.449 e. The van der Waals surface area contributed by atoms with Crippen LogP contribution < -0.4 is 11.5 Å². The highest BCUT2D eigenvalue weighted by molar-refractivity contribution is 5.65. The normalized spacial score (nSPS) is 11.3. The van der Waals surface area contributed by atoms with Gasteiger partial charge in [0, 0.05) is 5.41 Å². The summed E-state index contributed by atoms with van der Waals surface area (Å²) >= 11 is 0. The van der Waals surface area contributed by atoms with Crippen molar-refractivity contribution in [3.63, 3.8) is 0 Å². The molecule has 0 atom stereocenters. The molecule has 0 unspecified atom stereocenters. The van der Waals surface area contributed by atoms with Gasteiger partial charge in [-0.25, -0.2) is 9.59 Å². The fourth-order valence-electron chi connectivity index (χ4n) is 2.35. The highest BCUT2D eigenvalue weighted by Gasteiger charge is 2.38. The Kier molecular flexibility index (Phi) is 7.16. The van der Waals surface area contributed by atoms with E-state index in [0.29, 0.717) is 6.42 Å². The molecule has 0 aliphatic heterocycles. The lowest BCUT2D eigenvalue weighted by molar-refractivity contribution is -0.0144. The van der Waals surface area contributed by atoms with E-state index < -0.39 is 17.6 Å². The molecule has 4 N–H and O–H groups in total. The summed E-state index contributed by atoms with van der Waals surface area (Å²) in [5, 5.41) is 0. The summed E-state index contributed by atoms with van der Waals surface area (Å²) in [6, 6.07) is 0. The van der Waals surface area contributed by atoms with Gasteiger partial charge in [-0.1, -0.05) is 33.6 Å². The third kappa shape index (κ3) is 4.81. The maximum Gasteiger partial charge on any atom is 0.404 e. The zero-order valence-corrected chi connectivity index (χ0v) is 11.4. The van der Waals surface area contributed by atoms with Gasteiger partial charge in [-0.3, -0.25) is 0 Å². The van der Waals surface area contributed by atoms with E-state index in [1.165, 1.54) is 0 Å². The standard InChI is InChI=1S/C12H24N2O4/c1-4-9(5-2)12(6-3,7-17-10(13)15)8-18-11(14)16/h9H,4-8H2,1-3H3,(H2,13,15)(H2,14,16). The number of nitrogens with two attached hydrogens (primary N) is 2. The van der Waals surface area contributed by atoms with Crippen molar-refractivity contribution in [3.8, 4) is 0 Å². The minimum atomic E-state index is -0.821. The number of carbonyl (C=O) groups is 2. The van der Waals surface area contributed by atoms with E-state index >= 15 is 0 Å². The van der Waals surface area contributed by atoms with E-state index in [1.807, 2.05) is 20.8 Å². The molecule has 0 aromatic rings. The summed E-state index contributed by atoms with van der Waals surface area (Å²) in [6.45, 7) is 6.34. The second kappa shape index (κ2) is 7.79. The van der Waals surface area contributed by atoms with E-state index in [9.17, 15) is 9.59 Å². The molecule has 0 rings (SSSR count). The van der Waals surface area contributed by atoms with Gasteiger partial charge in [-0.05, 0) is 12.3 Å². The predicted octanol–water partition coefficient (Wildman–Crippen LogP) is 2.01. The minimum absolute atomic E-state index is 0.137. The average Bonchev–Trinajstić information content (AvgIpc) is 2.33. The Hall–Kier alpha value is -1.46. The Labute approximate surface area is 108 Å². The van der Waals surface area contributed by atoms with Gasteiger partial charge in [0.05, 0.1) is 0 Å². The molecule has 0 aromatic carbocycles. The van der Waals surface area contributed by atoms with Crippen LogP contribution in [0.4, 0.5) is 9.59 Å². The first-order valence-electron chi connectivity index (χ1n) is 6.26. The van der Waals surface area contributed by atoms with Gasteiger partial charge >= 0.3 is 12.2 Å². The molecule has 6 heteroatoms. The van der Waals surface area contributed by atoms with E-state index in [1.54, 1.807) is 0 Å². The van der Waals surface area contributed by atoms with Crippen LogP contribution in [0.5, 0.6) is 0 Å². The number of carbonyl (C=O) groups excluding carboxylic acids is 2. The molecule has 6 nitrogen and oxygen atoms in total. The topological polar surface area (TPSA) is 105 Å². The molecular formula is C12H24N2O4. The number of hydrogen-bond donors (Lipinski definition) is 2. The van der Waals surface area contributed by atoms with Crippen LogP contribution in [0.3, 0.4) is 0 Å². The highest BCUT2D eigenvalue weighted by Crippen LogP contribution is 2.37. The van der Waals surface area contributed by atoms with Gasteiger partial charge in [0.15, 0.2) is 0 Å². The van der Waals surface area contributed by atoms with Crippen LogP contribution in [0.1, 0.15) is 40.0 Å². The van der Waals surface area contributed by atoms with Gasteiger partial charge in [0.25, 0.3) is 0 Å². The number of ether oxygens (including phenoxy) is 2. The summed E-state index contributed by atoms with van der Waals surface area (Å²) in [5.41, 5.74) is 9.58. The second-order valence-electron chi connectivity index (χ2n) is 4.44. The Morgan fingerprint density at radius 1 is 1.00 bits per heavy atom. The highest BCUT2D eigenvalue weighted by atomic mass is 16.6. The molecule has 0 heterocycles. The van der Waals surface area contributed by atoms with E-state index in [-0.39, 0.29) is 19.1 Å². The smallest absolute Gasteiger partial charge is 0.404 e. The summed E-state index contributed by atoms with van der Waals surface area (Å²) in [6.07, 6.45) is 0.860. The molecule has 0 aliphatic rings. The first-order chi connectivity index (χ1) is 8.41. The van der Waals surface area contributed by atoms with Crippen molar-refractivity contribution >= 4 is 12.2 Å². The van der Waals surface area contributed by atoms with Crippen LogP contribution in [-0.4, -0.2) is 25.4 Å². The molecular weight excluding hydrogens is 236 g/mol. The minimum Gasteiger partial charge on any atom is -0.449 e. The van der Waals surface area contributed by atoms with Crippen LogP contribution in [0.15, 0.2) is 0 Å². The number of amides is 2. The van der Waals surface area contributed by atoms with Crippen molar-refractivity contribution in [2.75, 3.05) is 13.2 Å². The third-order valence-electron chi connectivity index (χ3n) is 3.56. The van der Waals surface area contributed by atoms with Crippen molar-refractivity contribution < 1.29 is 19.1 Å². The van der Waals surface area contributed by atoms with E-state index in [4.69, 9.17) is 20.9 Å². The number of hydrogen-bond acceptors (Lipinski definition) is 4. The molecule has 18 heavy (non-hydrogen) atoms. The van der Waals surface area contributed by atoms with Crippen LogP contribution >= 0.6 is 0 Å². The molecule has 0 spiro atoms. The molecule has 0 saturated heterocycles. The Morgan fingerprint density at radius 2 is 1.39 bits per heavy atom. The zero-order valence-electron chi connectivity index (χ0n) is 11.4. The summed E-state index contributed by atoms with van der Waals surface area (Å²) < 4.78 is 9.84. The molecule has 0 saturated carbocycles. The van der Waals surface area contributed by atoms with Crippen molar-refractivity contribution in [3.05, 3.63) is 0 Å². The first-order valence-corrected chi connectivity index (χ1v) is 6.26. The molecule has 0 radical (unpaired) electrons. The molecule has 106 valence electrons. The monoisotopic (exact) mass is 260 g/mol. The Bertz CT molecular complexity index is 259. The van der Waals surface area contributed by atoms with E-state index in [0.717, 1.165) is 12.8 Å². The van der Waals surface area contributed by atoms with Crippen molar-refractivity contribution in [2.24, 2.45) is 22.8 Å². The summed E-state index contributed by atoms with van der Waals surface area (Å²) in [7, 11) is 0. The van der Waals surface area contributed by atoms with Gasteiger partial charge in [0.1, 0.15) is 13.2 Å². The van der Waals surface area contributed by atoms with Crippen LogP contribution in [0.2, 0.25) is 0 Å². The van der Waals surface area contributed by atoms with Gasteiger partial charge in [0.2, 0.25) is 0 Å². The number of rotatable bonds is 8. The Morgan fingerprint density at radius 3 is 1.61 bits per heavy atom. The van der Waals surface area contributed by atoms with Crippen molar-refractivity contribution in [1.82, 2.24) is 0 Å². The fourth-order valence-corrected chi connectivity index (χ4v) is 2.35. The molecule has 0 aliphatic carbocycles. The molecule has 0 bridgehead atoms. The lowest BCUT2D eigenvalue weighted by Gasteiger charge is -2.38. The second-order valence-corrected chi connectivity index (χ2v) is 4.44. The lowest BCUT2D eigenvalue weighted by Crippen LogP contribution is -2.41. The fraction of sp³-hybridized carbons (Fsp3) is 0.833. The molecule has 0 aromatic heterocycles. The maximum absolute atomic E-state index is 10.8. The zero-order chi connectivity index (χ0) is 14.2. The predicted molar refractivity (Wildman–Crippen MR) is 67.9 cm³/mol. The maximum atomic E-state index is 10.8. The van der Waals surface area contributed by atoms with Crippen LogP contribution in [0, 0.1) is 11.3 Å². The van der Waals surface area contributed by atoms with E-state index in [2.05, 4.69) is 0 Å². The SMILES string of the molecule is CCC(CC)C(CC)(COC(N)=O)COC(N)=O. The first kappa shape index (κ1) is 16.5. The summed E-state index contributed by atoms with van der Waals surface area (Å²) in [4.78, 5) is 21.5. The van der Waals surface area contributed by atoms with Gasteiger partial charge < -0.3 is 20.9 Å². The molecule has 2 amide bonds. The lowest BCUT2D eigenvalue weighted by atomic mass is 9.72. The quantitative estimate of drug-likeness (QED) is 0.696.